The predicted octanol–water partition coefficient (Wildman–Crippen LogP) is 2.89. The summed E-state index contributed by atoms with van der Waals surface area (Å²) in [5.74, 6) is 1.88. The number of anilines is 2. The van der Waals surface area contributed by atoms with Crippen molar-refractivity contribution in [3.8, 4) is 0 Å². The summed E-state index contributed by atoms with van der Waals surface area (Å²) < 4.78 is 11.5. The number of halogens is 1. The van der Waals surface area contributed by atoms with Gasteiger partial charge in [0.15, 0.2) is 4.67 Å². The van der Waals surface area contributed by atoms with E-state index >= 15 is 0 Å². The van der Waals surface area contributed by atoms with Gasteiger partial charge in [-0.1, -0.05) is 0 Å². The van der Waals surface area contributed by atoms with Crippen LogP contribution in [0.4, 0.5) is 11.5 Å². The Labute approximate surface area is 126 Å². The van der Waals surface area contributed by atoms with Crippen molar-refractivity contribution in [2.75, 3.05) is 36.5 Å². The quantitative estimate of drug-likeness (QED) is 0.929. The van der Waals surface area contributed by atoms with Crippen LogP contribution in [-0.4, -0.2) is 31.3 Å². The van der Waals surface area contributed by atoms with Gasteiger partial charge in [-0.2, -0.15) is 0 Å². The molecular weight excluding hydrogens is 322 g/mol. The molecule has 20 heavy (non-hydrogen) atoms. The normalized spacial score (nSPS) is 15.3. The van der Waals surface area contributed by atoms with Crippen molar-refractivity contribution in [1.82, 2.24) is 4.98 Å². The molecule has 0 spiro atoms. The molecule has 0 radical (unpaired) electrons. The highest BCUT2D eigenvalue weighted by Gasteiger charge is 2.11. The second-order valence-electron chi connectivity index (χ2n) is 4.56. The molecule has 1 fully saturated rings. The van der Waals surface area contributed by atoms with E-state index in [0.717, 1.165) is 48.2 Å². The zero-order chi connectivity index (χ0) is 13.8. The summed E-state index contributed by atoms with van der Waals surface area (Å²) in [6.07, 6.45) is 1.85. The van der Waals surface area contributed by atoms with Crippen LogP contribution in [0.25, 0.3) is 0 Å². The molecule has 0 amide bonds. The second kappa shape index (κ2) is 6.28. The third kappa shape index (κ3) is 3.32. The van der Waals surface area contributed by atoms with Gasteiger partial charge in [-0.05, 0) is 40.2 Å². The van der Waals surface area contributed by atoms with Crippen LogP contribution in [0.3, 0.4) is 0 Å². The van der Waals surface area contributed by atoms with Crippen LogP contribution in [0, 0.1) is 0 Å². The monoisotopic (exact) mass is 337 g/mol. The standard InChI is InChI=1S/C14H16BrN3O2/c15-13-3-2-12(20-13)10-16-11-1-4-14(17-9-11)18-5-7-19-8-6-18/h1-4,9,16H,5-8,10H2. The van der Waals surface area contributed by atoms with E-state index in [1.54, 1.807) is 0 Å². The number of hydrogen-bond acceptors (Lipinski definition) is 5. The highest BCUT2D eigenvalue weighted by Crippen LogP contribution is 2.18. The molecule has 1 aliphatic heterocycles. The van der Waals surface area contributed by atoms with Gasteiger partial charge in [0.25, 0.3) is 0 Å². The second-order valence-corrected chi connectivity index (χ2v) is 5.35. The van der Waals surface area contributed by atoms with Crippen molar-refractivity contribution in [3.63, 3.8) is 0 Å². The average molecular weight is 338 g/mol. The number of nitrogens with zero attached hydrogens (tertiary/aromatic N) is 2. The minimum Gasteiger partial charge on any atom is -0.452 e. The highest BCUT2D eigenvalue weighted by atomic mass is 79.9. The minimum atomic E-state index is 0.643. The van der Waals surface area contributed by atoms with E-state index in [1.807, 2.05) is 30.5 Å². The largest absolute Gasteiger partial charge is 0.452 e. The SMILES string of the molecule is Brc1ccc(CNc2ccc(N3CCOCC3)nc2)o1. The number of nitrogens with one attached hydrogen (secondary N) is 1. The highest BCUT2D eigenvalue weighted by molar-refractivity contribution is 9.10. The Morgan fingerprint density at radius 2 is 2.05 bits per heavy atom. The number of hydrogen-bond donors (Lipinski definition) is 1. The van der Waals surface area contributed by atoms with Crippen LogP contribution in [0.1, 0.15) is 5.76 Å². The van der Waals surface area contributed by atoms with Gasteiger partial charge in [0, 0.05) is 13.1 Å². The Morgan fingerprint density at radius 3 is 2.70 bits per heavy atom. The van der Waals surface area contributed by atoms with Crippen LogP contribution in [-0.2, 0) is 11.3 Å². The number of ether oxygens (including phenoxy) is 1. The van der Waals surface area contributed by atoms with Crippen LogP contribution < -0.4 is 10.2 Å². The van der Waals surface area contributed by atoms with E-state index in [4.69, 9.17) is 9.15 Å². The smallest absolute Gasteiger partial charge is 0.169 e. The Balaban J connectivity index is 1.58. The van der Waals surface area contributed by atoms with E-state index in [9.17, 15) is 0 Å². The third-order valence-electron chi connectivity index (χ3n) is 3.18. The molecule has 1 aliphatic rings. The molecule has 0 unspecified atom stereocenters. The van der Waals surface area contributed by atoms with E-state index < -0.39 is 0 Å². The minimum absolute atomic E-state index is 0.643. The maximum Gasteiger partial charge on any atom is 0.169 e. The topological polar surface area (TPSA) is 50.5 Å². The van der Waals surface area contributed by atoms with Gasteiger partial charge >= 0.3 is 0 Å². The van der Waals surface area contributed by atoms with Gasteiger partial charge in [-0.15, -0.1) is 0 Å². The van der Waals surface area contributed by atoms with E-state index in [-0.39, 0.29) is 0 Å². The molecule has 0 bridgehead atoms. The molecule has 1 saturated heterocycles. The molecular formula is C14H16BrN3O2. The number of morpholine rings is 1. The van der Waals surface area contributed by atoms with Crippen molar-refractivity contribution >= 4 is 27.4 Å². The summed E-state index contributed by atoms with van der Waals surface area (Å²) in [5.41, 5.74) is 0.981. The lowest BCUT2D eigenvalue weighted by Gasteiger charge is -2.27. The van der Waals surface area contributed by atoms with Crippen molar-refractivity contribution < 1.29 is 9.15 Å². The van der Waals surface area contributed by atoms with E-state index in [2.05, 4.69) is 31.1 Å². The number of rotatable bonds is 4. The number of aromatic nitrogens is 1. The lowest BCUT2D eigenvalue weighted by molar-refractivity contribution is 0.122. The van der Waals surface area contributed by atoms with Crippen molar-refractivity contribution in [2.24, 2.45) is 0 Å². The molecule has 0 atom stereocenters. The first-order chi connectivity index (χ1) is 9.81. The van der Waals surface area contributed by atoms with Crippen molar-refractivity contribution in [3.05, 3.63) is 40.9 Å². The fraction of sp³-hybridized carbons (Fsp3) is 0.357. The maximum absolute atomic E-state index is 5.44. The van der Waals surface area contributed by atoms with Crippen LogP contribution in [0.5, 0.6) is 0 Å². The van der Waals surface area contributed by atoms with E-state index in [1.165, 1.54) is 0 Å². The molecule has 5 nitrogen and oxygen atoms in total. The summed E-state index contributed by atoms with van der Waals surface area (Å²) >= 11 is 3.29. The average Bonchev–Trinajstić information content (AvgIpc) is 2.92. The summed E-state index contributed by atoms with van der Waals surface area (Å²) in [4.78, 5) is 6.72. The summed E-state index contributed by atoms with van der Waals surface area (Å²) in [6.45, 7) is 3.99. The molecule has 2 aromatic heterocycles. The zero-order valence-electron chi connectivity index (χ0n) is 11.0. The molecule has 3 heterocycles. The van der Waals surface area contributed by atoms with Gasteiger partial charge in [0.2, 0.25) is 0 Å². The molecule has 0 saturated carbocycles. The number of furan rings is 1. The lowest BCUT2D eigenvalue weighted by Crippen LogP contribution is -2.36. The first-order valence-corrected chi connectivity index (χ1v) is 7.37. The van der Waals surface area contributed by atoms with Crippen LogP contribution in [0.2, 0.25) is 0 Å². The first-order valence-electron chi connectivity index (χ1n) is 6.58. The van der Waals surface area contributed by atoms with Crippen LogP contribution >= 0.6 is 15.9 Å². The Hall–Kier alpha value is -1.53. The zero-order valence-corrected chi connectivity index (χ0v) is 12.6. The Bertz CT molecular complexity index is 550. The van der Waals surface area contributed by atoms with Crippen molar-refractivity contribution in [1.29, 1.82) is 0 Å². The maximum atomic E-state index is 5.44. The van der Waals surface area contributed by atoms with Gasteiger partial charge in [0.1, 0.15) is 11.6 Å². The van der Waals surface area contributed by atoms with Gasteiger partial charge in [0.05, 0.1) is 31.6 Å². The summed E-state index contributed by atoms with van der Waals surface area (Å²) in [6, 6.07) is 7.89. The van der Waals surface area contributed by atoms with Gasteiger partial charge < -0.3 is 19.4 Å². The fourth-order valence-corrected chi connectivity index (χ4v) is 2.45. The Kier molecular flexibility index (Phi) is 4.22. The molecule has 0 aromatic carbocycles. The fourth-order valence-electron chi connectivity index (χ4n) is 2.11. The summed E-state index contributed by atoms with van der Waals surface area (Å²) in [7, 11) is 0. The lowest BCUT2D eigenvalue weighted by atomic mass is 10.3. The third-order valence-corrected chi connectivity index (χ3v) is 3.60. The Morgan fingerprint density at radius 1 is 1.20 bits per heavy atom. The predicted molar refractivity (Wildman–Crippen MR) is 81.0 cm³/mol. The first kappa shape index (κ1) is 13.5. The number of pyridine rings is 1. The molecule has 3 rings (SSSR count). The van der Waals surface area contributed by atoms with Crippen LogP contribution in [0.15, 0.2) is 39.5 Å². The van der Waals surface area contributed by atoms with Gasteiger partial charge in [-0.25, -0.2) is 4.98 Å². The molecule has 6 heteroatoms. The molecule has 2 aromatic rings. The molecule has 0 aliphatic carbocycles. The summed E-state index contributed by atoms with van der Waals surface area (Å²) in [5, 5.41) is 3.28. The van der Waals surface area contributed by atoms with Gasteiger partial charge in [-0.3, -0.25) is 0 Å². The van der Waals surface area contributed by atoms with Crippen molar-refractivity contribution in [2.45, 2.75) is 6.54 Å². The van der Waals surface area contributed by atoms with E-state index in [0.29, 0.717) is 6.54 Å². The molecule has 1 N–H and O–H groups in total. The molecule has 106 valence electrons.